The summed E-state index contributed by atoms with van der Waals surface area (Å²) in [6.07, 6.45) is 0. The molecule has 0 saturated carbocycles. The molecule has 0 fully saturated rings. The van der Waals surface area contributed by atoms with E-state index in [9.17, 15) is 14.0 Å². The number of amides is 2. The van der Waals surface area contributed by atoms with Crippen LogP contribution in [0.5, 0.6) is 0 Å². The lowest BCUT2D eigenvalue weighted by atomic mass is 10.0. The molecule has 4 nitrogen and oxygen atoms in total. The molecule has 0 radical (unpaired) electrons. The summed E-state index contributed by atoms with van der Waals surface area (Å²) in [4.78, 5) is 27.9. The molecule has 0 aliphatic carbocycles. The zero-order valence-corrected chi connectivity index (χ0v) is 17.0. The zero-order valence-electron chi connectivity index (χ0n) is 17.0. The number of halogens is 1. The average molecular weight is 400 g/mol. The van der Waals surface area contributed by atoms with Crippen molar-refractivity contribution in [2.45, 2.75) is 20.8 Å². The summed E-state index contributed by atoms with van der Waals surface area (Å²) < 4.78 is 13.5. The van der Waals surface area contributed by atoms with Crippen molar-refractivity contribution < 1.29 is 14.0 Å². The van der Waals surface area contributed by atoms with E-state index in [1.54, 1.807) is 12.1 Å². The fourth-order valence-electron chi connectivity index (χ4n) is 3.63. The van der Waals surface area contributed by atoms with E-state index in [1.165, 1.54) is 29.2 Å². The van der Waals surface area contributed by atoms with Gasteiger partial charge in [-0.1, -0.05) is 35.9 Å². The first-order valence-electron chi connectivity index (χ1n) is 9.64. The number of rotatable bonds is 4. The van der Waals surface area contributed by atoms with Gasteiger partial charge in [0.05, 0.1) is 11.3 Å². The Morgan fingerprint density at radius 3 is 1.93 bits per heavy atom. The number of aryl methyl sites for hydroxylation is 3. The van der Waals surface area contributed by atoms with E-state index >= 15 is 0 Å². The van der Waals surface area contributed by atoms with Crippen molar-refractivity contribution in [2.24, 2.45) is 0 Å². The molecule has 0 unspecified atom stereocenters. The summed E-state index contributed by atoms with van der Waals surface area (Å²) in [6, 6.07) is 18.7. The molecule has 1 aliphatic rings. The molecular formula is C25H21FN2O2. The zero-order chi connectivity index (χ0) is 21.4. The molecule has 0 spiro atoms. The van der Waals surface area contributed by atoms with Gasteiger partial charge in [-0.15, -0.1) is 0 Å². The van der Waals surface area contributed by atoms with Gasteiger partial charge < -0.3 is 5.32 Å². The predicted octanol–water partition coefficient (Wildman–Crippen LogP) is 5.15. The van der Waals surface area contributed by atoms with Crippen molar-refractivity contribution >= 4 is 28.8 Å². The number of hydrogen-bond acceptors (Lipinski definition) is 3. The van der Waals surface area contributed by atoms with Crippen molar-refractivity contribution in [1.29, 1.82) is 0 Å². The lowest BCUT2D eigenvalue weighted by molar-refractivity contribution is -0.120. The summed E-state index contributed by atoms with van der Waals surface area (Å²) >= 11 is 0. The van der Waals surface area contributed by atoms with Gasteiger partial charge in [0.2, 0.25) is 0 Å². The predicted molar refractivity (Wildman–Crippen MR) is 117 cm³/mol. The minimum Gasteiger partial charge on any atom is -0.350 e. The van der Waals surface area contributed by atoms with Gasteiger partial charge in [0.25, 0.3) is 11.8 Å². The highest BCUT2D eigenvalue weighted by Crippen LogP contribution is 2.34. The number of imide groups is 1. The molecule has 3 aromatic rings. The molecule has 5 heteroatoms. The van der Waals surface area contributed by atoms with Crippen LogP contribution in [-0.2, 0) is 9.59 Å². The molecule has 30 heavy (non-hydrogen) atoms. The molecule has 0 saturated heterocycles. The number of hydrogen-bond donors (Lipinski definition) is 1. The minimum atomic E-state index is -0.440. The van der Waals surface area contributed by atoms with Crippen LogP contribution in [0.3, 0.4) is 0 Å². The Bertz CT molecular complexity index is 1160. The fraction of sp³-hybridized carbons (Fsp3) is 0.120. The van der Waals surface area contributed by atoms with Gasteiger partial charge in [-0.2, -0.15) is 0 Å². The number of nitrogens with one attached hydrogen (secondary N) is 1. The van der Waals surface area contributed by atoms with E-state index in [0.29, 0.717) is 16.9 Å². The first-order chi connectivity index (χ1) is 14.3. The Labute approximate surface area is 174 Å². The Morgan fingerprint density at radius 1 is 0.733 bits per heavy atom. The normalized spacial score (nSPS) is 13.9. The largest absolute Gasteiger partial charge is 0.350 e. The maximum absolute atomic E-state index is 13.5. The minimum absolute atomic E-state index is 0.176. The smallest absolute Gasteiger partial charge is 0.282 e. The van der Waals surface area contributed by atoms with Gasteiger partial charge in [-0.3, -0.25) is 9.59 Å². The van der Waals surface area contributed by atoms with Crippen molar-refractivity contribution in [1.82, 2.24) is 0 Å². The van der Waals surface area contributed by atoms with E-state index in [0.717, 1.165) is 16.7 Å². The van der Waals surface area contributed by atoms with Gasteiger partial charge in [-0.25, -0.2) is 9.29 Å². The lowest BCUT2D eigenvalue weighted by Crippen LogP contribution is -2.32. The molecule has 2 amide bonds. The average Bonchev–Trinajstić information content (AvgIpc) is 2.93. The number of nitrogens with zero attached hydrogens (tertiary/aromatic N) is 1. The van der Waals surface area contributed by atoms with Crippen molar-refractivity contribution in [3.8, 4) is 0 Å². The van der Waals surface area contributed by atoms with E-state index in [-0.39, 0.29) is 11.3 Å². The first kappa shape index (κ1) is 19.6. The maximum atomic E-state index is 13.5. The van der Waals surface area contributed by atoms with Crippen molar-refractivity contribution in [2.75, 3.05) is 10.2 Å². The summed E-state index contributed by atoms with van der Waals surface area (Å²) in [6.45, 7) is 5.81. The molecule has 1 N–H and O–H groups in total. The highest BCUT2D eigenvalue weighted by Gasteiger charge is 2.40. The van der Waals surface area contributed by atoms with Gasteiger partial charge in [0.1, 0.15) is 11.5 Å². The van der Waals surface area contributed by atoms with Crippen LogP contribution in [0.15, 0.2) is 72.4 Å². The van der Waals surface area contributed by atoms with Crippen LogP contribution in [0.1, 0.15) is 22.3 Å². The standard InChI is InChI=1S/C25H21FN2O2/c1-15-4-10-20(11-5-15)27-23-22(18-6-8-19(26)9-7-18)24(29)28(25(23)30)21-13-16(2)12-17(3)14-21/h4-14,27H,1-3H3. The van der Waals surface area contributed by atoms with Crippen molar-refractivity contribution in [3.63, 3.8) is 0 Å². The molecule has 0 bridgehead atoms. The third kappa shape index (κ3) is 3.62. The van der Waals surface area contributed by atoms with Crippen LogP contribution in [0, 0.1) is 26.6 Å². The van der Waals surface area contributed by atoms with Crippen LogP contribution >= 0.6 is 0 Å². The number of carbonyl (C=O) groups excluding carboxylic acids is 2. The molecule has 4 rings (SSSR count). The molecular weight excluding hydrogens is 379 g/mol. The molecule has 1 aliphatic heterocycles. The van der Waals surface area contributed by atoms with E-state index in [2.05, 4.69) is 5.32 Å². The summed E-state index contributed by atoms with van der Waals surface area (Å²) in [5.74, 6) is -1.29. The summed E-state index contributed by atoms with van der Waals surface area (Å²) in [5.41, 5.74) is 5.08. The van der Waals surface area contributed by atoms with Crippen molar-refractivity contribution in [3.05, 3.63) is 100 Å². The van der Waals surface area contributed by atoms with Crippen LogP contribution in [0.4, 0.5) is 15.8 Å². The van der Waals surface area contributed by atoms with Gasteiger partial charge in [-0.05, 0) is 73.9 Å². The molecule has 150 valence electrons. The van der Waals surface area contributed by atoms with Crippen LogP contribution in [-0.4, -0.2) is 11.8 Å². The van der Waals surface area contributed by atoms with E-state index < -0.39 is 17.6 Å². The van der Waals surface area contributed by atoms with Gasteiger partial charge >= 0.3 is 0 Å². The molecule has 0 aromatic heterocycles. The summed E-state index contributed by atoms with van der Waals surface area (Å²) in [7, 11) is 0. The molecule has 1 heterocycles. The Balaban J connectivity index is 1.83. The molecule has 3 aromatic carbocycles. The van der Waals surface area contributed by atoms with Gasteiger partial charge in [0.15, 0.2) is 0 Å². The van der Waals surface area contributed by atoms with Crippen LogP contribution < -0.4 is 10.2 Å². The Morgan fingerprint density at radius 2 is 1.33 bits per heavy atom. The third-order valence-electron chi connectivity index (χ3n) is 5.00. The molecule has 0 atom stereocenters. The number of benzene rings is 3. The van der Waals surface area contributed by atoms with Gasteiger partial charge in [0, 0.05) is 5.69 Å². The lowest BCUT2D eigenvalue weighted by Gasteiger charge is -2.17. The maximum Gasteiger partial charge on any atom is 0.282 e. The second-order valence-corrected chi connectivity index (χ2v) is 7.54. The Hall–Kier alpha value is -3.73. The summed E-state index contributed by atoms with van der Waals surface area (Å²) in [5, 5.41) is 3.11. The highest BCUT2D eigenvalue weighted by molar-refractivity contribution is 6.46. The second kappa shape index (κ2) is 7.59. The van der Waals surface area contributed by atoms with E-state index in [4.69, 9.17) is 0 Å². The third-order valence-corrected chi connectivity index (χ3v) is 5.00. The second-order valence-electron chi connectivity index (χ2n) is 7.54. The first-order valence-corrected chi connectivity index (χ1v) is 9.64. The van der Waals surface area contributed by atoms with E-state index in [1.807, 2.05) is 51.1 Å². The fourth-order valence-corrected chi connectivity index (χ4v) is 3.63. The Kier molecular flexibility index (Phi) is 4.96. The SMILES string of the molecule is Cc1ccc(NC2=C(c3ccc(F)cc3)C(=O)N(c3cc(C)cc(C)c3)C2=O)cc1. The van der Waals surface area contributed by atoms with Crippen LogP contribution in [0.25, 0.3) is 5.57 Å². The highest BCUT2D eigenvalue weighted by atomic mass is 19.1. The topological polar surface area (TPSA) is 49.4 Å². The quantitative estimate of drug-likeness (QED) is 0.617. The monoisotopic (exact) mass is 400 g/mol. The number of carbonyl (C=O) groups is 2. The van der Waals surface area contributed by atoms with Crippen LogP contribution in [0.2, 0.25) is 0 Å². The number of anilines is 2.